The molecule has 0 aliphatic heterocycles. The van der Waals surface area contributed by atoms with Crippen LogP contribution in [0.15, 0.2) is 53.5 Å². The molecule has 0 saturated heterocycles. The van der Waals surface area contributed by atoms with Crippen LogP contribution < -0.4 is 21.3 Å². The summed E-state index contributed by atoms with van der Waals surface area (Å²) >= 11 is 0. The van der Waals surface area contributed by atoms with Gasteiger partial charge in [0.25, 0.3) is 0 Å². The molecule has 0 unspecified atom stereocenters. The van der Waals surface area contributed by atoms with Crippen LogP contribution in [0.1, 0.15) is 44.7 Å². The minimum absolute atomic E-state index is 0.0117. The van der Waals surface area contributed by atoms with Crippen molar-refractivity contribution in [3.05, 3.63) is 65.5 Å². The second-order valence-electron chi connectivity index (χ2n) is 8.29. The normalized spacial score (nSPS) is 14.8. The van der Waals surface area contributed by atoms with Crippen molar-refractivity contribution in [3.8, 4) is 0 Å². The molecule has 1 saturated carbocycles. The lowest BCUT2D eigenvalue weighted by Crippen LogP contribution is -2.41. The van der Waals surface area contributed by atoms with E-state index >= 15 is 0 Å². The predicted octanol–water partition coefficient (Wildman–Crippen LogP) is 4.14. The summed E-state index contributed by atoms with van der Waals surface area (Å²) < 4.78 is 13.6. The lowest BCUT2D eigenvalue weighted by Gasteiger charge is -2.19. The fraction of sp³-hybridized carbons (Fsp3) is 0.417. The van der Waals surface area contributed by atoms with Gasteiger partial charge in [-0.05, 0) is 69.0 Å². The van der Waals surface area contributed by atoms with E-state index in [1.807, 2.05) is 51.1 Å². The zero-order chi connectivity index (χ0) is 22.3. The first kappa shape index (κ1) is 22.6. The van der Waals surface area contributed by atoms with E-state index in [2.05, 4.69) is 26.3 Å². The first-order chi connectivity index (χ1) is 14.9. The number of nitrogens with zero attached hydrogens (tertiary/aromatic N) is 1. The second-order valence-corrected chi connectivity index (χ2v) is 8.29. The van der Waals surface area contributed by atoms with E-state index in [9.17, 15) is 9.18 Å². The molecule has 1 aliphatic carbocycles. The van der Waals surface area contributed by atoms with Crippen molar-refractivity contribution in [2.75, 3.05) is 18.4 Å². The van der Waals surface area contributed by atoms with E-state index < -0.39 is 0 Å². The quantitative estimate of drug-likeness (QED) is 0.379. The Bertz CT molecular complexity index is 906. The predicted molar refractivity (Wildman–Crippen MR) is 124 cm³/mol. The van der Waals surface area contributed by atoms with Crippen LogP contribution in [0.25, 0.3) is 0 Å². The minimum Gasteiger partial charge on any atom is -0.357 e. The maximum absolute atomic E-state index is 13.6. The maximum atomic E-state index is 13.6. The average molecular weight is 426 g/mol. The molecule has 3 rings (SSSR count). The van der Waals surface area contributed by atoms with Crippen molar-refractivity contribution in [3.63, 3.8) is 0 Å². The van der Waals surface area contributed by atoms with Crippen LogP contribution in [-0.4, -0.2) is 31.1 Å². The molecule has 0 aromatic heterocycles. The van der Waals surface area contributed by atoms with Gasteiger partial charge in [0, 0.05) is 30.2 Å². The number of carbonyl (C=O) groups excluding carboxylic acids is 1. The third-order valence-electron chi connectivity index (χ3n) is 5.28. The molecular weight excluding hydrogens is 393 g/mol. The molecule has 31 heavy (non-hydrogen) atoms. The Kier molecular flexibility index (Phi) is 7.50. The number of amides is 2. The number of urea groups is 1. The summed E-state index contributed by atoms with van der Waals surface area (Å²) in [5.41, 5.74) is 2.81. The highest BCUT2D eigenvalue weighted by molar-refractivity contribution is 5.89. The summed E-state index contributed by atoms with van der Waals surface area (Å²) in [6.07, 6.45) is 2.09. The smallest absolute Gasteiger partial charge is 0.319 e. The first-order valence-corrected chi connectivity index (χ1v) is 10.8. The Labute approximate surface area is 183 Å². The zero-order valence-corrected chi connectivity index (χ0v) is 18.5. The lowest BCUT2D eigenvalue weighted by molar-refractivity contribution is 0.250. The van der Waals surface area contributed by atoms with Gasteiger partial charge in [-0.15, -0.1) is 0 Å². The van der Waals surface area contributed by atoms with Gasteiger partial charge in [0.2, 0.25) is 0 Å². The van der Waals surface area contributed by atoms with Crippen LogP contribution in [0, 0.1) is 5.82 Å². The molecular formula is C24H32FN5O. The topological polar surface area (TPSA) is 77.5 Å². The van der Waals surface area contributed by atoms with Crippen LogP contribution in [0.5, 0.6) is 0 Å². The Balaban J connectivity index is 1.56. The third-order valence-corrected chi connectivity index (χ3v) is 5.28. The molecule has 2 aromatic rings. The number of anilines is 1. The van der Waals surface area contributed by atoms with Crippen molar-refractivity contribution >= 4 is 17.7 Å². The van der Waals surface area contributed by atoms with Gasteiger partial charge in [-0.3, -0.25) is 0 Å². The lowest BCUT2D eigenvalue weighted by atomic mass is 9.96. The molecule has 166 valence electrons. The molecule has 0 spiro atoms. The van der Waals surface area contributed by atoms with Crippen LogP contribution in [0.2, 0.25) is 0 Å². The first-order valence-electron chi connectivity index (χ1n) is 10.8. The molecule has 2 amide bonds. The number of hydrogen-bond donors (Lipinski definition) is 4. The van der Waals surface area contributed by atoms with Gasteiger partial charge in [-0.25, -0.2) is 14.2 Å². The van der Waals surface area contributed by atoms with Crippen LogP contribution in [0.3, 0.4) is 0 Å². The Hall–Kier alpha value is -3.09. The maximum Gasteiger partial charge on any atom is 0.319 e. The molecule has 2 aromatic carbocycles. The highest BCUT2D eigenvalue weighted by Crippen LogP contribution is 2.47. The number of nitrogens with one attached hydrogen (secondary N) is 4. The van der Waals surface area contributed by atoms with E-state index in [0.717, 1.165) is 48.7 Å². The summed E-state index contributed by atoms with van der Waals surface area (Å²) in [4.78, 5) is 16.5. The second kappa shape index (κ2) is 10.3. The summed E-state index contributed by atoms with van der Waals surface area (Å²) in [5, 5.41) is 12.3. The highest BCUT2D eigenvalue weighted by atomic mass is 19.1. The van der Waals surface area contributed by atoms with Crippen molar-refractivity contribution in [1.82, 2.24) is 16.0 Å². The van der Waals surface area contributed by atoms with Crippen LogP contribution in [0.4, 0.5) is 14.9 Å². The number of rotatable bonds is 8. The summed E-state index contributed by atoms with van der Waals surface area (Å²) in [5.74, 6) is 0.549. The van der Waals surface area contributed by atoms with Gasteiger partial charge in [0.05, 0.1) is 6.54 Å². The standard InChI is InChI=1S/C24H32FN5O/c1-4-26-22(28-16-24(12-13-24)19-6-5-7-20(25)14-19)27-15-18-8-10-21(11-9-18)30-23(31)29-17(2)3/h5-11,14,17H,4,12-13,15-16H2,1-3H3,(H2,26,27,28)(H2,29,30,31). The number of carbonyl (C=O) groups is 1. The molecule has 6 nitrogen and oxygen atoms in total. The van der Waals surface area contributed by atoms with Gasteiger partial charge in [-0.2, -0.15) is 0 Å². The summed E-state index contributed by atoms with van der Waals surface area (Å²) in [6.45, 7) is 7.85. The van der Waals surface area contributed by atoms with Crippen LogP contribution >= 0.6 is 0 Å². The van der Waals surface area contributed by atoms with E-state index in [1.54, 1.807) is 12.1 Å². The molecule has 1 fully saturated rings. The van der Waals surface area contributed by atoms with E-state index in [-0.39, 0.29) is 23.3 Å². The average Bonchev–Trinajstić information content (AvgIpc) is 3.52. The highest BCUT2D eigenvalue weighted by Gasteiger charge is 2.44. The Morgan fingerprint density at radius 3 is 2.48 bits per heavy atom. The van der Waals surface area contributed by atoms with E-state index in [4.69, 9.17) is 0 Å². The molecule has 0 atom stereocenters. The monoisotopic (exact) mass is 425 g/mol. The molecule has 7 heteroatoms. The van der Waals surface area contributed by atoms with E-state index in [0.29, 0.717) is 6.54 Å². The van der Waals surface area contributed by atoms with Gasteiger partial charge in [0.1, 0.15) is 5.82 Å². The zero-order valence-electron chi connectivity index (χ0n) is 18.5. The SMILES string of the molecule is CCNC(=NCc1ccc(NC(=O)NC(C)C)cc1)NCC1(c2cccc(F)c2)CC1. The third kappa shape index (κ3) is 6.70. The number of benzene rings is 2. The summed E-state index contributed by atoms with van der Waals surface area (Å²) in [7, 11) is 0. The van der Waals surface area contributed by atoms with Crippen molar-refractivity contribution in [2.24, 2.45) is 4.99 Å². The number of aliphatic imine (C=N–C) groups is 1. The summed E-state index contributed by atoms with van der Waals surface area (Å²) in [6, 6.07) is 14.4. The number of halogens is 1. The Morgan fingerprint density at radius 1 is 1.13 bits per heavy atom. The fourth-order valence-electron chi connectivity index (χ4n) is 3.42. The van der Waals surface area contributed by atoms with E-state index in [1.165, 1.54) is 6.07 Å². The fourth-order valence-corrected chi connectivity index (χ4v) is 3.42. The van der Waals surface area contributed by atoms with Gasteiger partial charge < -0.3 is 21.3 Å². The van der Waals surface area contributed by atoms with Gasteiger partial charge in [-0.1, -0.05) is 24.3 Å². The minimum atomic E-state index is -0.216. The molecule has 0 radical (unpaired) electrons. The molecule has 1 aliphatic rings. The largest absolute Gasteiger partial charge is 0.357 e. The van der Waals surface area contributed by atoms with Crippen molar-refractivity contribution in [2.45, 2.75) is 51.6 Å². The number of guanidine groups is 1. The molecule has 0 heterocycles. The number of hydrogen-bond acceptors (Lipinski definition) is 2. The van der Waals surface area contributed by atoms with Crippen molar-refractivity contribution in [1.29, 1.82) is 0 Å². The Morgan fingerprint density at radius 2 is 1.87 bits per heavy atom. The van der Waals surface area contributed by atoms with Gasteiger partial charge in [0.15, 0.2) is 5.96 Å². The molecule has 0 bridgehead atoms. The van der Waals surface area contributed by atoms with Crippen LogP contribution in [-0.2, 0) is 12.0 Å². The molecule has 4 N–H and O–H groups in total. The van der Waals surface area contributed by atoms with Gasteiger partial charge >= 0.3 is 6.03 Å². The van der Waals surface area contributed by atoms with Crippen molar-refractivity contribution < 1.29 is 9.18 Å².